The van der Waals surface area contributed by atoms with Gasteiger partial charge >= 0.3 is 5.97 Å². The van der Waals surface area contributed by atoms with Gasteiger partial charge in [-0.15, -0.1) is 0 Å². The van der Waals surface area contributed by atoms with Crippen molar-refractivity contribution in [3.8, 4) is 0 Å². The van der Waals surface area contributed by atoms with Crippen LogP contribution in [0.2, 0.25) is 0 Å². The summed E-state index contributed by atoms with van der Waals surface area (Å²) in [5.74, 6) is -0.922. The number of carboxylic acids is 1. The first kappa shape index (κ1) is 15.0. The molecule has 3 nitrogen and oxygen atoms in total. The summed E-state index contributed by atoms with van der Waals surface area (Å²) in [6, 6.07) is 4.63. The molecule has 0 spiro atoms. The fourth-order valence-corrected chi connectivity index (χ4v) is 2.36. The molecule has 2 rings (SSSR count). The third kappa shape index (κ3) is 4.04. The molecule has 0 unspecified atom stereocenters. The van der Waals surface area contributed by atoms with Gasteiger partial charge < -0.3 is 5.11 Å². The van der Waals surface area contributed by atoms with Gasteiger partial charge in [0, 0.05) is 12.6 Å². The molecule has 1 aliphatic rings. The predicted octanol–water partition coefficient (Wildman–Crippen LogP) is 3.53. The number of hydrogen-bond donors (Lipinski definition) is 1. The lowest BCUT2D eigenvalue weighted by Gasteiger charge is -2.23. The fourth-order valence-electron chi connectivity index (χ4n) is 2.36. The van der Waals surface area contributed by atoms with Crippen molar-refractivity contribution in [2.24, 2.45) is 5.92 Å². The first-order valence-corrected chi connectivity index (χ1v) is 7.23. The van der Waals surface area contributed by atoms with Crippen molar-refractivity contribution in [2.45, 2.75) is 45.7 Å². The summed E-state index contributed by atoms with van der Waals surface area (Å²) < 4.78 is 13.2. The standard InChI is InChI=1S/C16H22FNO2/c1-11(2)7-8-18(14-5-6-14)10-12-3-4-13(17)9-15(12)16(19)20/h3-4,9,11,14H,5-8,10H2,1-2H3,(H,19,20). The lowest BCUT2D eigenvalue weighted by atomic mass is 10.1. The van der Waals surface area contributed by atoms with Crippen LogP contribution >= 0.6 is 0 Å². The zero-order chi connectivity index (χ0) is 14.7. The maximum Gasteiger partial charge on any atom is 0.336 e. The lowest BCUT2D eigenvalue weighted by molar-refractivity contribution is 0.0693. The monoisotopic (exact) mass is 279 g/mol. The van der Waals surface area contributed by atoms with Crippen LogP contribution in [0.1, 0.15) is 49.0 Å². The Morgan fingerprint density at radius 1 is 1.45 bits per heavy atom. The Kier molecular flexibility index (Phi) is 4.76. The molecule has 4 heteroatoms. The van der Waals surface area contributed by atoms with Crippen molar-refractivity contribution < 1.29 is 14.3 Å². The van der Waals surface area contributed by atoms with E-state index in [1.54, 1.807) is 6.07 Å². The molecule has 1 fully saturated rings. The summed E-state index contributed by atoms with van der Waals surface area (Å²) in [6.45, 7) is 5.94. The van der Waals surface area contributed by atoms with Crippen molar-refractivity contribution in [2.75, 3.05) is 6.54 Å². The largest absolute Gasteiger partial charge is 0.478 e. The van der Waals surface area contributed by atoms with E-state index in [0.717, 1.165) is 19.0 Å². The molecule has 0 bridgehead atoms. The van der Waals surface area contributed by atoms with E-state index < -0.39 is 11.8 Å². The molecule has 110 valence electrons. The average molecular weight is 279 g/mol. The molecule has 0 radical (unpaired) electrons. The van der Waals surface area contributed by atoms with Gasteiger partial charge in [-0.3, -0.25) is 4.90 Å². The van der Waals surface area contributed by atoms with Crippen LogP contribution in [0.25, 0.3) is 0 Å². The van der Waals surface area contributed by atoms with Crippen LogP contribution in [0.4, 0.5) is 4.39 Å². The Morgan fingerprint density at radius 2 is 2.15 bits per heavy atom. The Bertz CT molecular complexity index is 483. The van der Waals surface area contributed by atoms with E-state index in [4.69, 9.17) is 0 Å². The van der Waals surface area contributed by atoms with E-state index >= 15 is 0 Å². The molecule has 1 aromatic carbocycles. The smallest absolute Gasteiger partial charge is 0.336 e. The van der Waals surface area contributed by atoms with Crippen molar-refractivity contribution in [3.05, 3.63) is 35.1 Å². The van der Waals surface area contributed by atoms with Gasteiger partial charge in [-0.2, -0.15) is 0 Å². The maximum absolute atomic E-state index is 13.2. The summed E-state index contributed by atoms with van der Waals surface area (Å²) in [5, 5.41) is 9.19. The van der Waals surface area contributed by atoms with E-state index in [1.165, 1.54) is 18.9 Å². The number of nitrogens with zero attached hydrogens (tertiary/aromatic N) is 1. The van der Waals surface area contributed by atoms with Crippen LogP contribution in [-0.2, 0) is 6.54 Å². The van der Waals surface area contributed by atoms with Crippen LogP contribution in [-0.4, -0.2) is 28.6 Å². The molecule has 0 aromatic heterocycles. The molecule has 1 aliphatic carbocycles. The SMILES string of the molecule is CC(C)CCN(Cc1ccc(F)cc1C(=O)O)C1CC1. The normalized spacial score (nSPS) is 15.1. The zero-order valence-electron chi connectivity index (χ0n) is 12.1. The van der Waals surface area contributed by atoms with Crippen molar-refractivity contribution in [1.82, 2.24) is 4.90 Å². The molecular weight excluding hydrogens is 257 g/mol. The third-order valence-corrected chi connectivity index (χ3v) is 3.73. The van der Waals surface area contributed by atoms with Crippen LogP contribution in [0, 0.1) is 11.7 Å². The molecule has 0 atom stereocenters. The van der Waals surface area contributed by atoms with Gasteiger partial charge in [0.2, 0.25) is 0 Å². The highest BCUT2D eigenvalue weighted by atomic mass is 19.1. The zero-order valence-corrected chi connectivity index (χ0v) is 12.1. The van der Waals surface area contributed by atoms with E-state index in [9.17, 15) is 14.3 Å². The lowest BCUT2D eigenvalue weighted by Crippen LogP contribution is -2.28. The second-order valence-corrected chi connectivity index (χ2v) is 5.99. The van der Waals surface area contributed by atoms with Crippen LogP contribution < -0.4 is 0 Å². The molecule has 1 saturated carbocycles. The van der Waals surface area contributed by atoms with Gasteiger partial charge in [0.1, 0.15) is 5.82 Å². The Balaban J connectivity index is 2.11. The van der Waals surface area contributed by atoms with Gasteiger partial charge in [0.15, 0.2) is 0 Å². The molecule has 0 saturated heterocycles. The first-order chi connectivity index (χ1) is 9.47. The number of hydrogen-bond acceptors (Lipinski definition) is 2. The van der Waals surface area contributed by atoms with E-state index in [2.05, 4.69) is 18.7 Å². The number of halogens is 1. The number of carboxylic acid groups (broad SMARTS) is 1. The van der Waals surface area contributed by atoms with Gasteiger partial charge in [0.25, 0.3) is 0 Å². The summed E-state index contributed by atoms with van der Waals surface area (Å²) >= 11 is 0. The Hall–Kier alpha value is -1.42. The first-order valence-electron chi connectivity index (χ1n) is 7.23. The summed E-state index contributed by atoms with van der Waals surface area (Å²) in [5.41, 5.74) is 0.787. The van der Waals surface area contributed by atoms with Gasteiger partial charge in [-0.1, -0.05) is 19.9 Å². The fraction of sp³-hybridized carbons (Fsp3) is 0.562. The maximum atomic E-state index is 13.2. The summed E-state index contributed by atoms with van der Waals surface area (Å²) in [4.78, 5) is 13.6. The molecule has 1 N–H and O–H groups in total. The van der Waals surface area contributed by atoms with Crippen molar-refractivity contribution in [1.29, 1.82) is 0 Å². The third-order valence-electron chi connectivity index (χ3n) is 3.73. The molecule has 0 amide bonds. The number of rotatable bonds is 7. The molecule has 20 heavy (non-hydrogen) atoms. The second kappa shape index (κ2) is 6.35. The average Bonchev–Trinajstić information content (AvgIpc) is 3.19. The Morgan fingerprint density at radius 3 is 2.70 bits per heavy atom. The topological polar surface area (TPSA) is 40.5 Å². The van der Waals surface area contributed by atoms with Crippen molar-refractivity contribution >= 4 is 5.97 Å². The number of aromatic carboxylic acids is 1. The highest BCUT2D eigenvalue weighted by Crippen LogP contribution is 2.29. The highest BCUT2D eigenvalue weighted by Gasteiger charge is 2.29. The summed E-state index contributed by atoms with van der Waals surface area (Å²) in [7, 11) is 0. The minimum atomic E-state index is -1.06. The van der Waals surface area contributed by atoms with Crippen molar-refractivity contribution in [3.63, 3.8) is 0 Å². The Labute approximate surface area is 119 Å². The predicted molar refractivity (Wildman–Crippen MR) is 76.2 cm³/mol. The van der Waals surface area contributed by atoms with E-state index in [0.29, 0.717) is 24.1 Å². The molecule has 0 heterocycles. The summed E-state index contributed by atoms with van der Waals surface area (Å²) in [6.07, 6.45) is 3.46. The van der Waals surface area contributed by atoms with Crippen LogP contribution in [0.5, 0.6) is 0 Å². The minimum Gasteiger partial charge on any atom is -0.478 e. The quantitative estimate of drug-likeness (QED) is 0.830. The number of carbonyl (C=O) groups is 1. The van der Waals surface area contributed by atoms with Gasteiger partial charge in [-0.25, -0.2) is 9.18 Å². The van der Waals surface area contributed by atoms with Gasteiger partial charge in [-0.05, 0) is 49.4 Å². The number of benzene rings is 1. The minimum absolute atomic E-state index is 0.0835. The van der Waals surface area contributed by atoms with Crippen LogP contribution in [0.15, 0.2) is 18.2 Å². The second-order valence-electron chi connectivity index (χ2n) is 5.99. The molecular formula is C16H22FNO2. The van der Waals surface area contributed by atoms with E-state index in [1.807, 2.05) is 0 Å². The van der Waals surface area contributed by atoms with Gasteiger partial charge in [0.05, 0.1) is 5.56 Å². The van der Waals surface area contributed by atoms with E-state index in [-0.39, 0.29) is 5.56 Å². The molecule has 0 aliphatic heterocycles. The molecule has 1 aromatic rings. The highest BCUT2D eigenvalue weighted by molar-refractivity contribution is 5.89. The van der Waals surface area contributed by atoms with Crippen LogP contribution in [0.3, 0.4) is 0 Å².